The van der Waals surface area contributed by atoms with E-state index in [-0.39, 0.29) is 24.9 Å². The van der Waals surface area contributed by atoms with Crippen molar-refractivity contribution in [2.45, 2.75) is 36.0 Å². The molecule has 2 aliphatic heterocycles. The van der Waals surface area contributed by atoms with Crippen LogP contribution in [0.15, 0.2) is 53.4 Å². The fraction of sp³-hybridized carbons (Fsp3) is 0.400. The third kappa shape index (κ3) is 2.83. The number of aliphatic hydroxyl groups excluding tert-OH is 1. The summed E-state index contributed by atoms with van der Waals surface area (Å²) in [4.78, 5) is 1.25. The summed E-state index contributed by atoms with van der Waals surface area (Å²) in [5, 5.41) is 13.3. The minimum absolute atomic E-state index is 0.0458. The summed E-state index contributed by atoms with van der Waals surface area (Å²) in [6.45, 7) is 0.101. The molecule has 0 aromatic heterocycles. The Morgan fingerprint density at radius 2 is 2.00 bits per heavy atom. The minimum Gasteiger partial charge on any atom is -0.394 e. The van der Waals surface area contributed by atoms with Gasteiger partial charge in [-0.15, -0.1) is 11.8 Å². The van der Waals surface area contributed by atoms with Crippen molar-refractivity contribution in [3.8, 4) is 0 Å². The highest BCUT2D eigenvalue weighted by atomic mass is 32.2. The third-order valence-electron chi connectivity index (χ3n) is 5.22. The molecule has 0 unspecified atom stereocenters. The number of fused-ring (bicyclic) bond motifs is 3. The summed E-state index contributed by atoms with van der Waals surface area (Å²) in [5.74, 6) is 0.389. The van der Waals surface area contributed by atoms with Crippen LogP contribution in [0, 0.1) is 5.92 Å². The molecule has 2 aliphatic rings. The Morgan fingerprint density at radius 3 is 2.75 bits per heavy atom. The third-order valence-corrected chi connectivity index (χ3v) is 5.94. The molecule has 0 saturated carbocycles. The molecule has 4 atom stereocenters. The van der Waals surface area contributed by atoms with Gasteiger partial charge in [0.2, 0.25) is 0 Å². The summed E-state index contributed by atoms with van der Waals surface area (Å²) >= 11 is 1.75. The molecule has 0 bridgehead atoms. The van der Waals surface area contributed by atoms with Crippen molar-refractivity contribution in [2.24, 2.45) is 5.92 Å². The van der Waals surface area contributed by atoms with Crippen LogP contribution in [0.25, 0.3) is 0 Å². The lowest BCUT2D eigenvalue weighted by atomic mass is 9.76. The van der Waals surface area contributed by atoms with Gasteiger partial charge in [0.1, 0.15) is 0 Å². The van der Waals surface area contributed by atoms with Crippen LogP contribution < -0.4 is 5.32 Å². The molecule has 2 aromatic carbocycles. The summed E-state index contributed by atoms with van der Waals surface area (Å²) in [6.07, 6.45) is 4.07. The average molecular weight is 341 g/mol. The van der Waals surface area contributed by atoms with E-state index in [4.69, 9.17) is 4.74 Å². The van der Waals surface area contributed by atoms with Crippen molar-refractivity contribution in [1.29, 1.82) is 0 Å². The first-order valence-corrected chi connectivity index (χ1v) is 9.78. The van der Waals surface area contributed by atoms with Crippen LogP contribution >= 0.6 is 11.8 Å². The van der Waals surface area contributed by atoms with Gasteiger partial charge in [-0.05, 0) is 42.9 Å². The van der Waals surface area contributed by atoms with Crippen molar-refractivity contribution in [2.75, 3.05) is 18.2 Å². The van der Waals surface area contributed by atoms with E-state index in [1.54, 1.807) is 11.8 Å². The number of thioether (sulfide) groups is 1. The summed E-state index contributed by atoms with van der Waals surface area (Å²) < 4.78 is 6.32. The Kier molecular flexibility index (Phi) is 4.53. The molecule has 24 heavy (non-hydrogen) atoms. The van der Waals surface area contributed by atoms with Crippen LogP contribution in [0.4, 0.5) is 5.69 Å². The topological polar surface area (TPSA) is 41.5 Å². The maximum absolute atomic E-state index is 9.57. The summed E-state index contributed by atoms with van der Waals surface area (Å²) in [6, 6.07) is 17.4. The first-order valence-electron chi connectivity index (χ1n) is 8.56. The van der Waals surface area contributed by atoms with Gasteiger partial charge in [0.15, 0.2) is 0 Å². The second-order valence-corrected chi connectivity index (χ2v) is 7.47. The minimum atomic E-state index is -0.0495. The van der Waals surface area contributed by atoms with Crippen LogP contribution in [0.5, 0.6) is 0 Å². The molecule has 2 N–H and O–H groups in total. The standard InChI is InChI=1S/C20H23NO2S/c1-24-15-8-10-18-17(11-15)20-16(9-7-14(12-22)23-20)19(21-18)13-5-3-2-4-6-13/h2-6,8,10-11,14,16,19-22H,7,9,12H2,1H3/t14-,16+,19+,20+/m1/s1. The maximum Gasteiger partial charge on any atom is 0.0901 e. The van der Waals surface area contributed by atoms with Crippen molar-refractivity contribution in [3.05, 3.63) is 59.7 Å². The molecule has 4 heteroatoms. The Hall–Kier alpha value is -1.49. The predicted octanol–water partition coefficient (Wildman–Crippen LogP) is 4.40. The Labute approximate surface area is 147 Å². The van der Waals surface area contributed by atoms with Crippen LogP contribution in [0.2, 0.25) is 0 Å². The molecule has 0 spiro atoms. The largest absolute Gasteiger partial charge is 0.394 e. The molecule has 126 valence electrons. The molecular weight excluding hydrogens is 318 g/mol. The van der Waals surface area contributed by atoms with Crippen molar-refractivity contribution in [1.82, 2.24) is 0 Å². The second-order valence-electron chi connectivity index (χ2n) is 6.59. The number of rotatable bonds is 3. The Bertz CT molecular complexity index is 706. The maximum atomic E-state index is 9.57. The SMILES string of the molecule is CSc1ccc2c(c1)[C@H]1O[C@@H](CO)CC[C@H]1[C@H](c1ccccc1)N2. The summed E-state index contributed by atoms with van der Waals surface area (Å²) in [5.41, 5.74) is 3.69. The molecule has 2 aromatic rings. The van der Waals surface area contributed by atoms with Gasteiger partial charge in [-0.3, -0.25) is 0 Å². The van der Waals surface area contributed by atoms with Gasteiger partial charge in [-0.25, -0.2) is 0 Å². The van der Waals surface area contributed by atoms with Crippen LogP contribution in [-0.2, 0) is 4.74 Å². The van der Waals surface area contributed by atoms with Gasteiger partial charge in [0, 0.05) is 22.1 Å². The van der Waals surface area contributed by atoms with Crippen LogP contribution in [-0.4, -0.2) is 24.1 Å². The normalized spacial score (nSPS) is 28.6. The van der Waals surface area contributed by atoms with Crippen molar-refractivity contribution < 1.29 is 9.84 Å². The highest BCUT2D eigenvalue weighted by Gasteiger charge is 2.42. The zero-order chi connectivity index (χ0) is 16.5. The lowest BCUT2D eigenvalue weighted by molar-refractivity contribution is -0.110. The molecule has 0 radical (unpaired) electrons. The predicted molar refractivity (Wildman–Crippen MR) is 98.5 cm³/mol. The molecule has 1 fully saturated rings. The summed E-state index contributed by atoms with van der Waals surface area (Å²) in [7, 11) is 0. The molecule has 3 nitrogen and oxygen atoms in total. The Morgan fingerprint density at radius 1 is 1.17 bits per heavy atom. The number of aliphatic hydroxyl groups is 1. The number of ether oxygens (including phenoxy) is 1. The Balaban J connectivity index is 1.76. The fourth-order valence-electron chi connectivity index (χ4n) is 3.99. The monoisotopic (exact) mass is 341 g/mol. The van der Waals surface area contributed by atoms with Crippen LogP contribution in [0.3, 0.4) is 0 Å². The van der Waals surface area contributed by atoms with E-state index >= 15 is 0 Å². The van der Waals surface area contributed by atoms with E-state index in [1.807, 2.05) is 0 Å². The van der Waals surface area contributed by atoms with Gasteiger partial charge in [-0.2, -0.15) is 0 Å². The van der Waals surface area contributed by atoms with Gasteiger partial charge < -0.3 is 15.2 Å². The van der Waals surface area contributed by atoms with Crippen molar-refractivity contribution in [3.63, 3.8) is 0 Å². The molecule has 2 heterocycles. The number of nitrogens with one attached hydrogen (secondary N) is 1. The smallest absolute Gasteiger partial charge is 0.0901 e. The van der Waals surface area contributed by atoms with Gasteiger partial charge in [-0.1, -0.05) is 30.3 Å². The number of hydrogen-bond donors (Lipinski definition) is 2. The highest BCUT2D eigenvalue weighted by Crippen LogP contribution is 2.50. The quantitative estimate of drug-likeness (QED) is 0.812. The first-order chi connectivity index (χ1) is 11.8. The van der Waals surface area contributed by atoms with E-state index in [2.05, 4.69) is 60.1 Å². The second kappa shape index (κ2) is 6.79. The average Bonchev–Trinajstić information content (AvgIpc) is 2.67. The zero-order valence-corrected chi connectivity index (χ0v) is 14.6. The highest BCUT2D eigenvalue weighted by molar-refractivity contribution is 7.98. The molecular formula is C20H23NO2S. The zero-order valence-electron chi connectivity index (χ0n) is 13.8. The molecule has 0 amide bonds. The van der Waals surface area contributed by atoms with Gasteiger partial charge in [0.05, 0.1) is 24.9 Å². The van der Waals surface area contributed by atoms with E-state index in [0.29, 0.717) is 5.92 Å². The molecule has 4 rings (SSSR count). The fourth-order valence-corrected chi connectivity index (χ4v) is 4.43. The lowest BCUT2D eigenvalue weighted by Gasteiger charge is -2.45. The first kappa shape index (κ1) is 16.0. The van der Waals surface area contributed by atoms with E-state index in [0.717, 1.165) is 18.5 Å². The van der Waals surface area contributed by atoms with Crippen LogP contribution in [0.1, 0.15) is 36.1 Å². The number of anilines is 1. The number of benzene rings is 2. The van der Waals surface area contributed by atoms with Gasteiger partial charge in [0.25, 0.3) is 0 Å². The van der Waals surface area contributed by atoms with E-state index < -0.39 is 0 Å². The molecule has 0 aliphatic carbocycles. The van der Waals surface area contributed by atoms with E-state index in [9.17, 15) is 5.11 Å². The number of hydrogen-bond acceptors (Lipinski definition) is 4. The van der Waals surface area contributed by atoms with E-state index in [1.165, 1.54) is 16.0 Å². The molecule has 1 saturated heterocycles. The van der Waals surface area contributed by atoms with Gasteiger partial charge >= 0.3 is 0 Å². The van der Waals surface area contributed by atoms with Crippen molar-refractivity contribution >= 4 is 17.4 Å². The lowest BCUT2D eigenvalue weighted by Crippen LogP contribution is -2.40.